The highest BCUT2D eigenvalue weighted by Crippen LogP contribution is 2.37. The molecular formula is C20H18O4. The maximum absolute atomic E-state index is 5.97. The minimum absolute atomic E-state index is 0.372. The van der Waals surface area contributed by atoms with E-state index in [1.165, 1.54) is 12.5 Å². The fourth-order valence-electron chi connectivity index (χ4n) is 2.87. The zero-order chi connectivity index (χ0) is 16.2. The van der Waals surface area contributed by atoms with E-state index in [0.717, 1.165) is 11.1 Å². The van der Waals surface area contributed by atoms with Gasteiger partial charge in [-0.05, 0) is 11.1 Å². The van der Waals surface area contributed by atoms with E-state index >= 15 is 0 Å². The van der Waals surface area contributed by atoms with E-state index in [-0.39, 0.29) is 6.29 Å². The van der Waals surface area contributed by atoms with Gasteiger partial charge in [-0.15, -0.1) is 0 Å². The predicted molar refractivity (Wildman–Crippen MR) is 88.4 cm³/mol. The molecule has 2 aliphatic rings. The molecule has 0 aliphatic carbocycles. The lowest BCUT2D eigenvalue weighted by Crippen LogP contribution is -2.36. The van der Waals surface area contributed by atoms with Crippen molar-refractivity contribution in [1.29, 1.82) is 0 Å². The summed E-state index contributed by atoms with van der Waals surface area (Å²) in [6, 6.07) is 20.1. The summed E-state index contributed by atoms with van der Waals surface area (Å²) >= 11 is 0. The Bertz CT molecular complexity index is 729. The van der Waals surface area contributed by atoms with E-state index in [2.05, 4.69) is 12.1 Å². The lowest BCUT2D eigenvalue weighted by Gasteiger charge is -2.28. The topological polar surface area (TPSA) is 36.9 Å². The molecule has 2 heterocycles. The van der Waals surface area contributed by atoms with Crippen molar-refractivity contribution in [1.82, 2.24) is 0 Å². The quantitative estimate of drug-likeness (QED) is 0.836. The Morgan fingerprint density at radius 1 is 0.792 bits per heavy atom. The van der Waals surface area contributed by atoms with Crippen molar-refractivity contribution in [2.24, 2.45) is 0 Å². The summed E-state index contributed by atoms with van der Waals surface area (Å²) in [6.45, 7) is 0. The molecule has 2 aromatic carbocycles. The molecule has 4 rings (SSSR count). The van der Waals surface area contributed by atoms with Gasteiger partial charge in [-0.3, -0.25) is 0 Å². The van der Waals surface area contributed by atoms with Gasteiger partial charge < -0.3 is 18.9 Å². The van der Waals surface area contributed by atoms with Crippen molar-refractivity contribution < 1.29 is 18.9 Å². The van der Waals surface area contributed by atoms with Gasteiger partial charge in [0.2, 0.25) is 12.0 Å². The smallest absolute Gasteiger partial charge is 0.316 e. The zero-order valence-corrected chi connectivity index (χ0v) is 13.1. The summed E-state index contributed by atoms with van der Waals surface area (Å²) in [5.74, 6) is -0.440. The highest BCUT2D eigenvalue weighted by molar-refractivity contribution is 5.23. The largest absolute Gasteiger partial charge is 0.458 e. The third-order valence-electron chi connectivity index (χ3n) is 4.06. The van der Waals surface area contributed by atoms with Crippen LogP contribution < -0.4 is 0 Å². The van der Waals surface area contributed by atoms with Crippen LogP contribution in [-0.4, -0.2) is 12.1 Å². The maximum atomic E-state index is 5.97. The van der Waals surface area contributed by atoms with Crippen LogP contribution in [-0.2, 0) is 31.8 Å². The Morgan fingerprint density at radius 2 is 1.42 bits per heavy atom. The molecule has 122 valence electrons. The number of hydrogen-bond acceptors (Lipinski definition) is 4. The average molecular weight is 322 g/mol. The predicted octanol–water partition coefficient (Wildman–Crippen LogP) is 3.90. The first kappa shape index (κ1) is 14.7. The molecule has 0 bridgehead atoms. The Labute approximate surface area is 140 Å². The molecule has 0 saturated heterocycles. The Morgan fingerprint density at radius 3 is 2.08 bits per heavy atom. The van der Waals surface area contributed by atoms with Crippen molar-refractivity contribution in [2.75, 3.05) is 0 Å². The molecular weight excluding hydrogens is 304 g/mol. The number of rotatable bonds is 5. The van der Waals surface area contributed by atoms with Crippen LogP contribution in [0, 0.1) is 0 Å². The molecule has 0 aromatic heterocycles. The zero-order valence-electron chi connectivity index (χ0n) is 13.1. The summed E-state index contributed by atoms with van der Waals surface area (Å²) in [4.78, 5) is 0. The van der Waals surface area contributed by atoms with Crippen LogP contribution in [0.1, 0.15) is 11.1 Å². The second-order valence-corrected chi connectivity index (χ2v) is 5.78. The van der Waals surface area contributed by atoms with Crippen molar-refractivity contribution in [3.8, 4) is 0 Å². The minimum Gasteiger partial charge on any atom is -0.458 e. The van der Waals surface area contributed by atoms with Crippen LogP contribution >= 0.6 is 0 Å². The van der Waals surface area contributed by atoms with E-state index in [1.807, 2.05) is 48.5 Å². The summed E-state index contributed by atoms with van der Waals surface area (Å²) in [5.41, 5.74) is 2.25. The van der Waals surface area contributed by atoms with Crippen LogP contribution in [0.4, 0.5) is 0 Å². The van der Waals surface area contributed by atoms with Gasteiger partial charge in [-0.1, -0.05) is 60.7 Å². The van der Waals surface area contributed by atoms with Crippen LogP contribution in [0.15, 0.2) is 85.2 Å². The van der Waals surface area contributed by atoms with E-state index < -0.39 is 5.79 Å². The minimum atomic E-state index is -0.993. The third kappa shape index (κ3) is 2.95. The van der Waals surface area contributed by atoms with E-state index in [9.17, 15) is 0 Å². The summed E-state index contributed by atoms with van der Waals surface area (Å²) in [7, 11) is 0. The first-order valence-corrected chi connectivity index (χ1v) is 7.95. The highest BCUT2D eigenvalue weighted by atomic mass is 16.8. The molecule has 2 aromatic rings. The van der Waals surface area contributed by atoms with Crippen LogP contribution in [0.3, 0.4) is 0 Å². The van der Waals surface area contributed by atoms with Crippen molar-refractivity contribution in [3.05, 3.63) is 96.3 Å². The first-order valence-electron chi connectivity index (χ1n) is 7.95. The molecule has 0 saturated carbocycles. The molecule has 0 spiro atoms. The molecule has 2 aliphatic heterocycles. The monoisotopic (exact) mass is 322 g/mol. The van der Waals surface area contributed by atoms with Crippen molar-refractivity contribution in [2.45, 2.75) is 24.9 Å². The summed E-state index contributed by atoms with van der Waals surface area (Å²) < 4.78 is 23.1. The molecule has 1 unspecified atom stereocenters. The second kappa shape index (κ2) is 6.32. The van der Waals surface area contributed by atoms with Crippen LogP contribution in [0.2, 0.25) is 0 Å². The van der Waals surface area contributed by atoms with Gasteiger partial charge in [0, 0.05) is 6.42 Å². The molecule has 0 radical (unpaired) electrons. The second-order valence-electron chi connectivity index (χ2n) is 5.78. The summed E-state index contributed by atoms with van der Waals surface area (Å²) in [6.07, 6.45) is 5.51. The molecule has 4 nitrogen and oxygen atoms in total. The van der Waals surface area contributed by atoms with Crippen molar-refractivity contribution in [3.63, 3.8) is 0 Å². The van der Waals surface area contributed by atoms with Crippen LogP contribution in [0.25, 0.3) is 0 Å². The third-order valence-corrected chi connectivity index (χ3v) is 4.06. The molecule has 4 heteroatoms. The standard InChI is InChI=1S/C20H18O4/c1-3-7-16(8-4-1)13-19-21-15-18(24-19)20(22-11-12-23-20)14-17-9-5-2-6-10-17/h1-12,15,19H,13-14H2. The fourth-order valence-corrected chi connectivity index (χ4v) is 2.87. The highest BCUT2D eigenvalue weighted by Gasteiger charge is 2.46. The van der Waals surface area contributed by atoms with Gasteiger partial charge >= 0.3 is 5.79 Å². The van der Waals surface area contributed by atoms with Gasteiger partial charge in [-0.25, -0.2) is 0 Å². The SMILES string of the molecule is C1=COC(Cc2ccccc2)(C2=COC(Cc3ccccc3)O2)O1. The Kier molecular flexibility index (Phi) is 3.87. The average Bonchev–Trinajstić information content (AvgIpc) is 3.27. The normalized spacial score (nSPS) is 20.5. The molecule has 0 N–H and O–H groups in total. The lowest BCUT2D eigenvalue weighted by atomic mass is 10.0. The van der Waals surface area contributed by atoms with Crippen molar-refractivity contribution >= 4 is 0 Å². The van der Waals surface area contributed by atoms with Crippen LogP contribution in [0.5, 0.6) is 0 Å². The van der Waals surface area contributed by atoms with E-state index in [1.54, 1.807) is 6.26 Å². The molecule has 24 heavy (non-hydrogen) atoms. The molecule has 0 fully saturated rings. The fraction of sp³-hybridized carbons (Fsp3) is 0.200. The van der Waals surface area contributed by atoms with Gasteiger partial charge in [-0.2, -0.15) is 0 Å². The molecule has 0 amide bonds. The first-order chi connectivity index (χ1) is 11.8. The summed E-state index contributed by atoms with van der Waals surface area (Å²) in [5, 5.41) is 0. The maximum Gasteiger partial charge on any atom is 0.316 e. The lowest BCUT2D eigenvalue weighted by molar-refractivity contribution is -0.154. The Balaban J connectivity index is 1.47. The van der Waals surface area contributed by atoms with Gasteiger partial charge in [0.25, 0.3) is 0 Å². The van der Waals surface area contributed by atoms with Gasteiger partial charge in [0.05, 0.1) is 6.42 Å². The number of benzene rings is 2. The van der Waals surface area contributed by atoms with E-state index in [4.69, 9.17) is 18.9 Å². The van der Waals surface area contributed by atoms with Gasteiger partial charge in [0.15, 0.2) is 0 Å². The van der Waals surface area contributed by atoms with Gasteiger partial charge in [0.1, 0.15) is 18.8 Å². The Hall–Kier alpha value is -2.88. The molecule has 1 atom stereocenters. The number of ether oxygens (including phenoxy) is 4. The number of hydrogen-bond donors (Lipinski definition) is 0. The van der Waals surface area contributed by atoms with E-state index in [0.29, 0.717) is 18.6 Å².